The number of carbonyl (C=O) groups is 2. The number of aliphatic carboxylic acids is 1. The number of unbranched alkanes of at least 4 members (excludes halogenated alkanes) is 10. The van der Waals surface area contributed by atoms with E-state index in [9.17, 15) is 9.59 Å². The molecular formula is C20H38N2O3. The zero-order valence-corrected chi connectivity index (χ0v) is 15.8. The number of nitrogens with two attached hydrogens (primary N) is 1. The highest BCUT2D eigenvalue weighted by molar-refractivity contribution is 5.75. The van der Waals surface area contributed by atoms with Gasteiger partial charge in [0, 0.05) is 13.0 Å². The first-order valence-electron chi connectivity index (χ1n) is 9.94. The fourth-order valence-corrected chi connectivity index (χ4v) is 2.74. The van der Waals surface area contributed by atoms with Crippen molar-refractivity contribution in [2.75, 3.05) is 6.54 Å². The Hall–Kier alpha value is -1.36. The number of hydrogen-bond acceptors (Lipinski definition) is 3. The van der Waals surface area contributed by atoms with Crippen LogP contribution in [0, 0.1) is 0 Å². The van der Waals surface area contributed by atoms with Crippen molar-refractivity contribution in [2.45, 2.75) is 95.9 Å². The maximum absolute atomic E-state index is 11.7. The lowest BCUT2D eigenvalue weighted by molar-refractivity contribution is -0.138. The summed E-state index contributed by atoms with van der Waals surface area (Å²) in [4.78, 5) is 22.2. The summed E-state index contributed by atoms with van der Waals surface area (Å²) < 4.78 is 0. The average molecular weight is 355 g/mol. The summed E-state index contributed by atoms with van der Waals surface area (Å²) in [6.45, 7) is 4.34. The molecule has 146 valence electrons. The molecule has 0 spiro atoms. The molecule has 0 unspecified atom stereocenters. The van der Waals surface area contributed by atoms with Crippen LogP contribution in [0.3, 0.4) is 0 Å². The van der Waals surface area contributed by atoms with E-state index in [0.29, 0.717) is 19.4 Å². The summed E-state index contributed by atoms with van der Waals surface area (Å²) in [5.41, 5.74) is 5.42. The molecule has 0 radical (unpaired) electrons. The number of hydrogen-bond donors (Lipinski definition) is 3. The first-order chi connectivity index (χ1) is 12.1. The Morgan fingerprint density at radius 2 is 1.48 bits per heavy atom. The molecule has 0 fully saturated rings. The molecule has 0 aromatic heterocycles. The molecule has 0 aromatic carbocycles. The maximum Gasteiger partial charge on any atom is 0.320 e. The lowest BCUT2D eigenvalue weighted by atomic mass is 10.1. The van der Waals surface area contributed by atoms with Gasteiger partial charge in [0.15, 0.2) is 0 Å². The molecule has 0 rings (SSSR count). The lowest BCUT2D eigenvalue weighted by Gasteiger charge is -2.07. The van der Waals surface area contributed by atoms with Crippen molar-refractivity contribution in [1.29, 1.82) is 0 Å². The Morgan fingerprint density at radius 1 is 0.920 bits per heavy atom. The highest BCUT2D eigenvalue weighted by Gasteiger charge is 2.10. The maximum atomic E-state index is 11.7. The van der Waals surface area contributed by atoms with Crippen LogP contribution in [0.2, 0.25) is 0 Å². The van der Waals surface area contributed by atoms with E-state index in [0.717, 1.165) is 32.1 Å². The second-order valence-electron chi connectivity index (χ2n) is 6.80. The molecule has 0 aliphatic carbocycles. The predicted octanol–water partition coefficient (Wildman–Crippen LogP) is 4.16. The summed E-state index contributed by atoms with van der Waals surface area (Å²) in [5, 5.41) is 11.5. The molecule has 1 atom stereocenters. The van der Waals surface area contributed by atoms with Crippen molar-refractivity contribution in [2.24, 2.45) is 5.73 Å². The summed E-state index contributed by atoms with van der Waals surface area (Å²) >= 11 is 0. The minimum Gasteiger partial charge on any atom is -0.480 e. The van der Waals surface area contributed by atoms with Crippen LogP contribution in [0.4, 0.5) is 0 Å². The summed E-state index contributed by atoms with van der Waals surface area (Å²) in [7, 11) is 0. The second kappa shape index (κ2) is 17.5. The van der Waals surface area contributed by atoms with E-state index in [-0.39, 0.29) is 5.91 Å². The highest BCUT2D eigenvalue weighted by Crippen LogP contribution is 2.11. The number of nitrogens with one attached hydrogen (secondary N) is 1. The van der Waals surface area contributed by atoms with E-state index in [2.05, 4.69) is 11.9 Å². The largest absolute Gasteiger partial charge is 0.480 e. The van der Waals surface area contributed by atoms with Crippen LogP contribution in [-0.2, 0) is 9.59 Å². The number of allylic oxidation sites excluding steroid dienone is 1. The van der Waals surface area contributed by atoms with Gasteiger partial charge in [-0.05, 0) is 38.5 Å². The van der Waals surface area contributed by atoms with Crippen LogP contribution in [-0.4, -0.2) is 29.6 Å². The van der Waals surface area contributed by atoms with Gasteiger partial charge in [-0.15, -0.1) is 6.58 Å². The third-order valence-corrected chi connectivity index (χ3v) is 4.39. The number of rotatable bonds is 18. The van der Waals surface area contributed by atoms with Crippen molar-refractivity contribution in [1.82, 2.24) is 5.32 Å². The highest BCUT2D eigenvalue weighted by atomic mass is 16.4. The van der Waals surface area contributed by atoms with E-state index in [1.165, 1.54) is 44.9 Å². The van der Waals surface area contributed by atoms with Crippen molar-refractivity contribution in [3.8, 4) is 0 Å². The fourth-order valence-electron chi connectivity index (χ4n) is 2.74. The van der Waals surface area contributed by atoms with E-state index >= 15 is 0 Å². The van der Waals surface area contributed by atoms with Crippen molar-refractivity contribution in [3.05, 3.63) is 12.7 Å². The minimum absolute atomic E-state index is 0.102. The first-order valence-corrected chi connectivity index (χ1v) is 9.94. The molecule has 25 heavy (non-hydrogen) atoms. The van der Waals surface area contributed by atoms with Gasteiger partial charge in [0.1, 0.15) is 6.04 Å². The number of amides is 1. The molecule has 1 amide bonds. The third kappa shape index (κ3) is 17.3. The van der Waals surface area contributed by atoms with Crippen LogP contribution in [0.5, 0.6) is 0 Å². The second-order valence-corrected chi connectivity index (χ2v) is 6.80. The molecule has 4 N–H and O–H groups in total. The van der Waals surface area contributed by atoms with Crippen LogP contribution >= 0.6 is 0 Å². The van der Waals surface area contributed by atoms with Gasteiger partial charge in [0.25, 0.3) is 0 Å². The van der Waals surface area contributed by atoms with Crippen molar-refractivity contribution < 1.29 is 14.7 Å². The van der Waals surface area contributed by atoms with E-state index < -0.39 is 12.0 Å². The fraction of sp³-hybridized carbons (Fsp3) is 0.800. The number of carboxylic acids is 1. The molecule has 0 aliphatic heterocycles. The van der Waals surface area contributed by atoms with E-state index in [1.807, 2.05) is 6.08 Å². The Kier molecular flexibility index (Phi) is 16.5. The molecule has 0 saturated carbocycles. The van der Waals surface area contributed by atoms with E-state index in [4.69, 9.17) is 10.8 Å². The molecule has 0 bridgehead atoms. The van der Waals surface area contributed by atoms with Gasteiger partial charge < -0.3 is 16.2 Å². The number of carboxylic acid groups (broad SMARTS) is 1. The Morgan fingerprint density at radius 3 is 2.04 bits per heavy atom. The Bertz CT molecular complexity index is 359. The van der Waals surface area contributed by atoms with Gasteiger partial charge in [0.2, 0.25) is 5.91 Å². The van der Waals surface area contributed by atoms with Crippen LogP contribution in [0.1, 0.15) is 89.9 Å². The number of carbonyl (C=O) groups excluding carboxylic acids is 1. The SMILES string of the molecule is C=CCCCCCCCCCCCC(=O)NCCCC[C@H](N)C(=O)O. The lowest BCUT2D eigenvalue weighted by Crippen LogP contribution is -2.30. The average Bonchev–Trinajstić information content (AvgIpc) is 2.59. The molecule has 5 nitrogen and oxygen atoms in total. The summed E-state index contributed by atoms with van der Waals surface area (Å²) in [5.74, 6) is -0.860. The minimum atomic E-state index is -0.961. The van der Waals surface area contributed by atoms with E-state index in [1.54, 1.807) is 0 Å². The molecule has 0 aromatic rings. The molecule has 0 saturated heterocycles. The molecule has 5 heteroatoms. The topological polar surface area (TPSA) is 92.4 Å². The van der Waals surface area contributed by atoms with Gasteiger partial charge in [0.05, 0.1) is 0 Å². The third-order valence-electron chi connectivity index (χ3n) is 4.39. The van der Waals surface area contributed by atoms with Crippen LogP contribution in [0.15, 0.2) is 12.7 Å². The smallest absolute Gasteiger partial charge is 0.320 e. The van der Waals surface area contributed by atoms with Gasteiger partial charge >= 0.3 is 5.97 Å². The zero-order chi connectivity index (χ0) is 18.8. The summed E-state index contributed by atoms with van der Waals surface area (Å²) in [6, 6.07) is -0.789. The molecule has 0 heterocycles. The van der Waals surface area contributed by atoms with Gasteiger partial charge in [-0.1, -0.05) is 51.0 Å². The van der Waals surface area contributed by atoms with Crippen LogP contribution in [0.25, 0.3) is 0 Å². The molecule has 0 aliphatic rings. The van der Waals surface area contributed by atoms with Gasteiger partial charge in [-0.3, -0.25) is 9.59 Å². The predicted molar refractivity (Wildman–Crippen MR) is 103 cm³/mol. The van der Waals surface area contributed by atoms with Crippen LogP contribution < -0.4 is 11.1 Å². The quantitative estimate of drug-likeness (QED) is 0.254. The van der Waals surface area contributed by atoms with Crippen molar-refractivity contribution in [3.63, 3.8) is 0 Å². The molecular weight excluding hydrogens is 316 g/mol. The Balaban J connectivity index is 3.25. The normalized spacial score (nSPS) is 11.9. The van der Waals surface area contributed by atoms with Crippen molar-refractivity contribution >= 4 is 11.9 Å². The zero-order valence-electron chi connectivity index (χ0n) is 15.8. The van der Waals surface area contributed by atoms with Gasteiger partial charge in [-0.2, -0.15) is 0 Å². The first kappa shape index (κ1) is 23.6. The summed E-state index contributed by atoms with van der Waals surface area (Å²) in [6.07, 6.45) is 16.8. The van der Waals surface area contributed by atoms with Gasteiger partial charge in [-0.25, -0.2) is 0 Å². The standard InChI is InChI=1S/C20H38N2O3/c1-2-3-4-5-6-7-8-9-10-11-12-16-19(23)22-17-14-13-15-18(21)20(24)25/h2,18H,1,3-17,21H2,(H,22,23)(H,24,25)/t18-/m0/s1. The Labute approximate surface area is 153 Å². The monoisotopic (exact) mass is 354 g/mol.